The fourth-order valence-electron chi connectivity index (χ4n) is 1.85. The molecule has 2 aromatic carbocycles. The van der Waals surface area contributed by atoms with Gasteiger partial charge in [0.2, 0.25) is 0 Å². The van der Waals surface area contributed by atoms with Crippen molar-refractivity contribution in [3.8, 4) is 11.1 Å². The molecule has 0 saturated heterocycles. The van der Waals surface area contributed by atoms with E-state index in [-0.39, 0.29) is 12.2 Å². The predicted molar refractivity (Wildman–Crippen MR) is 70.6 cm³/mol. The van der Waals surface area contributed by atoms with Crippen molar-refractivity contribution in [1.29, 1.82) is 0 Å². The van der Waals surface area contributed by atoms with Gasteiger partial charge >= 0.3 is 5.97 Å². The zero-order chi connectivity index (χ0) is 14.5. The van der Waals surface area contributed by atoms with Crippen molar-refractivity contribution >= 4 is 5.97 Å². The van der Waals surface area contributed by atoms with Crippen molar-refractivity contribution in [3.05, 3.63) is 69.8 Å². The Bertz CT molecular complexity index is 639. The second-order valence-electron chi connectivity index (χ2n) is 4.05. The molecule has 6 heteroatoms. The molecule has 2 aromatic rings. The van der Waals surface area contributed by atoms with Gasteiger partial charge in [-0.05, 0) is 28.8 Å². The molecule has 6 nitrogen and oxygen atoms in total. The molecule has 0 aliphatic carbocycles. The first-order chi connectivity index (χ1) is 9.58. The summed E-state index contributed by atoms with van der Waals surface area (Å²) in [5.74, 6) is -1.05. The smallest absolute Gasteiger partial charge is 0.336 e. The molecule has 102 valence electrons. The number of rotatable bonds is 5. The SMILES string of the molecule is O=C(O)c1ccc(CO[N+](=O)[O-])cc1-c1ccccc1. The van der Waals surface area contributed by atoms with Gasteiger partial charge in [0.05, 0.1) is 5.56 Å². The first-order valence-corrected chi connectivity index (χ1v) is 5.77. The summed E-state index contributed by atoms with van der Waals surface area (Å²) in [6.07, 6.45) is 0. The normalized spacial score (nSPS) is 10.0. The van der Waals surface area contributed by atoms with Crippen LogP contribution in [-0.4, -0.2) is 16.2 Å². The van der Waals surface area contributed by atoms with Crippen molar-refractivity contribution in [1.82, 2.24) is 0 Å². The summed E-state index contributed by atoms with van der Waals surface area (Å²) in [7, 11) is 0. The molecule has 0 spiro atoms. The lowest BCUT2D eigenvalue weighted by molar-refractivity contribution is -0.763. The lowest BCUT2D eigenvalue weighted by atomic mass is 9.97. The Balaban J connectivity index is 2.43. The summed E-state index contributed by atoms with van der Waals surface area (Å²) in [6.45, 7) is -0.216. The molecule has 0 atom stereocenters. The number of benzene rings is 2. The molecule has 0 amide bonds. The van der Waals surface area contributed by atoms with Crippen LogP contribution in [0.1, 0.15) is 15.9 Å². The lowest BCUT2D eigenvalue weighted by Crippen LogP contribution is -2.03. The molecule has 0 saturated carbocycles. The van der Waals surface area contributed by atoms with Crippen molar-refractivity contribution in [2.45, 2.75) is 6.61 Å². The molecular formula is C14H11NO5. The Morgan fingerprint density at radius 2 is 1.90 bits per heavy atom. The minimum absolute atomic E-state index is 0.140. The van der Waals surface area contributed by atoms with Crippen LogP contribution in [-0.2, 0) is 11.4 Å². The molecule has 0 fully saturated rings. The fraction of sp³-hybridized carbons (Fsp3) is 0.0714. The molecule has 1 N–H and O–H groups in total. The standard InChI is InChI=1S/C14H11NO5/c16-14(17)12-7-6-10(9-20-15(18)19)8-13(12)11-4-2-1-3-5-11/h1-8H,9H2,(H,16,17). The maximum Gasteiger partial charge on any atom is 0.336 e. The van der Waals surface area contributed by atoms with Crippen molar-refractivity contribution in [2.24, 2.45) is 0 Å². The van der Waals surface area contributed by atoms with Crippen LogP contribution < -0.4 is 0 Å². The van der Waals surface area contributed by atoms with E-state index < -0.39 is 11.1 Å². The first kappa shape index (κ1) is 13.5. The third-order valence-electron chi connectivity index (χ3n) is 2.74. The molecule has 2 rings (SSSR count). The second kappa shape index (κ2) is 5.83. The van der Waals surface area contributed by atoms with Gasteiger partial charge in [-0.25, -0.2) is 4.79 Å². The average molecular weight is 273 g/mol. The number of aromatic carboxylic acids is 1. The third-order valence-corrected chi connectivity index (χ3v) is 2.74. The highest BCUT2D eigenvalue weighted by molar-refractivity contribution is 5.96. The van der Waals surface area contributed by atoms with Crippen LogP contribution >= 0.6 is 0 Å². The van der Waals surface area contributed by atoms with Gasteiger partial charge in [-0.3, -0.25) is 0 Å². The summed E-state index contributed by atoms with van der Waals surface area (Å²) in [5.41, 5.74) is 1.90. The van der Waals surface area contributed by atoms with Crippen LogP contribution in [0.4, 0.5) is 0 Å². The van der Waals surface area contributed by atoms with E-state index in [1.807, 2.05) is 6.07 Å². The van der Waals surface area contributed by atoms with Gasteiger partial charge < -0.3 is 9.94 Å². The number of carbonyl (C=O) groups is 1. The minimum Gasteiger partial charge on any atom is -0.478 e. The van der Waals surface area contributed by atoms with Crippen LogP contribution in [0.25, 0.3) is 11.1 Å². The Kier molecular flexibility index (Phi) is 3.95. The highest BCUT2D eigenvalue weighted by Gasteiger charge is 2.12. The van der Waals surface area contributed by atoms with Crippen LogP contribution in [0.3, 0.4) is 0 Å². The van der Waals surface area contributed by atoms with Crippen LogP contribution in [0.2, 0.25) is 0 Å². The van der Waals surface area contributed by atoms with E-state index in [4.69, 9.17) is 0 Å². The molecule has 0 aliphatic rings. The maximum atomic E-state index is 11.2. The van der Waals surface area contributed by atoms with Crippen molar-refractivity contribution in [2.75, 3.05) is 0 Å². The number of carboxylic acid groups (broad SMARTS) is 1. The van der Waals surface area contributed by atoms with E-state index >= 15 is 0 Å². The summed E-state index contributed by atoms with van der Waals surface area (Å²) >= 11 is 0. The molecule has 0 heterocycles. The van der Waals surface area contributed by atoms with E-state index in [0.717, 1.165) is 5.56 Å². The molecule has 20 heavy (non-hydrogen) atoms. The van der Waals surface area contributed by atoms with Gasteiger partial charge in [-0.15, -0.1) is 10.1 Å². The van der Waals surface area contributed by atoms with E-state index in [2.05, 4.69) is 4.84 Å². The van der Waals surface area contributed by atoms with Crippen molar-refractivity contribution < 1.29 is 19.8 Å². The van der Waals surface area contributed by atoms with Crippen LogP contribution in [0.15, 0.2) is 48.5 Å². The van der Waals surface area contributed by atoms with Crippen LogP contribution in [0.5, 0.6) is 0 Å². The molecule has 0 aliphatic heterocycles. The summed E-state index contributed by atoms with van der Waals surface area (Å²) in [5, 5.41) is 18.5. The minimum atomic E-state index is -1.05. The number of nitrogens with zero attached hydrogens (tertiary/aromatic N) is 1. The van der Waals surface area contributed by atoms with E-state index in [0.29, 0.717) is 11.1 Å². The van der Waals surface area contributed by atoms with Gasteiger partial charge in [0.1, 0.15) is 6.61 Å². The Morgan fingerprint density at radius 1 is 1.20 bits per heavy atom. The summed E-state index contributed by atoms with van der Waals surface area (Å²) in [6, 6.07) is 13.5. The largest absolute Gasteiger partial charge is 0.478 e. The first-order valence-electron chi connectivity index (χ1n) is 5.77. The number of hydrogen-bond donors (Lipinski definition) is 1. The third kappa shape index (κ3) is 3.11. The van der Waals surface area contributed by atoms with E-state index in [9.17, 15) is 20.0 Å². The average Bonchev–Trinajstić information content (AvgIpc) is 2.45. The summed E-state index contributed by atoms with van der Waals surface area (Å²) < 4.78 is 0. The van der Waals surface area contributed by atoms with Gasteiger partial charge in [0.15, 0.2) is 0 Å². The zero-order valence-electron chi connectivity index (χ0n) is 10.4. The zero-order valence-corrected chi connectivity index (χ0v) is 10.4. The van der Waals surface area contributed by atoms with Crippen LogP contribution in [0, 0.1) is 10.1 Å². The molecule has 0 aromatic heterocycles. The topological polar surface area (TPSA) is 89.7 Å². The monoisotopic (exact) mass is 273 g/mol. The van der Waals surface area contributed by atoms with Gasteiger partial charge in [0.25, 0.3) is 5.09 Å². The van der Waals surface area contributed by atoms with Crippen molar-refractivity contribution in [3.63, 3.8) is 0 Å². The Morgan fingerprint density at radius 3 is 2.50 bits per heavy atom. The second-order valence-corrected chi connectivity index (χ2v) is 4.05. The molecular weight excluding hydrogens is 262 g/mol. The molecule has 0 bridgehead atoms. The lowest BCUT2D eigenvalue weighted by Gasteiger charge is -2.09. The molecule has 0 unspecified atom stereocenters. The maximum absolute atomic E-state index is 11.2. The number of hydrogen-bond acceptors (Lipinski definition) is 4. The summed E-state index contributed by atoms with van der Waals surface area (Å²) in [4.78, 5) is 25.7. The Hall–Kier alpha value is -2.89. The van der Waals surface area contributed by atoms with Gasteiger partial charge in [0, 0.05) is 0 Å². The number of carboxylic acids is 1. The van der Waals surface area contributed by atoms with Gasteiger partial charge in [-0.2, -0.15) is 0 Å². The van der Waals surface area contributed by atoms with E-state index in [1.165, 1.54) is 12.1 Å². The predicted octanol–water partition coefficient (Wildman–Crippen LogP) is 2.76. The fourth-order valence-corrected chi connectivity index (χ4v) is 1.85. The highest BCUT2D eigenvalue weighted by Crippen LogP contribution is 2.25. The molecule has 0 radical (unpaired) electrons. The van der Waals surface area contributed by atoms with E-state index in [1.54, 1.807) is 30.3 Å². The highest BCUT2D eigenvalue weighted by atomic mass is 16.9. The quantitative estimate of drug-likeness (QED) is 0.668. The Labute approximate surface area is 114 Å². The van der Waals surface area contributed by atoms with Gasteiger partial charge in [-0.1, -0.05) is 36.4 Å².